The average Bonchev–Trinajstić information content (AvgIpc) is 3.12. The standard InChI is InChI=1S/C21H22FN3O2/c1-4-25-20(17-11-10-16(27-3)12-18(17)22)13-19(24-25)21(26)23-14(2)15-8-6-5-7-9-15/h5-14H,4H2,1-3H3,(H,23,26)/t14-/m1/s1. The number of ether oxygens (including phenoxy) is 1. The smallest absolute Gasteiger partial charge is 0.272 e. The zero-order chi connectivity index (χ0) is 19.4. The summed E-state index contributed by atoms with van der Waals surface area (Å²) >= 11 is 0. The van der Waals surface area contributed by atoms with E-state index in [9.17, 15) is 9.18 Å². The molecule has 5 nitrogen and oxygen atoms in total. The highest BCUT2D eigenvalue weighted by Gasteiger charge is 2.19. The Bertz CT molecular complexity index is 938. The van der Waals surface area contributed by atoms with Crippen LogP contribution in [0.3, 0.4) is 0 Å². The summed E-state index contributed by atoms with van der Waals surface area (Å²) in [6.07, 6.45) is 0. The first-order chi connectivity index (χ1) is 13.0. The second-order valence-corrected chi connectivity index (χ2v) is 6.18. The van der Waals surface area contributed by atoms with E-state index in [0.717, 1.165) is 5.56 Å². The number of rotatable bonds is 6. The van der Waals surface area contributed by atoms with Gasteiger partial charge in [0.1, 0.15) is 11.6 Å². The molecule has 0 aliphatic rings. The van der Waals surface area contributed by atoms with Gasteiger partial charge in [-0.15, -0.1) is 0 Å². The van der Waals surface area contributed by atoms with Gasteiger partial charge in [-0.2, -0.15) is 5.10 Å². The number of nitrogens with one attached hydrogen (secondary N) is 1. The van der Waals surface area contributed by atoms with Gasteiger partial charge in [0.2, 0.25) is 0 Å². The molecule has 3 rings (SSSR count). The molecule has 0 aliphatic heterocycles. The van der Waals surface area contributed by atoms with Crippen molar-refractivity contribution in [1.29, 1.82) is 0 Å². The van der Waals surface area contributed by atoms with Crippen molar-refractivity contribution in [3.8, 4) is 17.0 Å². The Balaban J connectivity index is 1.87. The van der Waals surface area contributed by atoms with E-state index >= 15 is 0 Å². The van der Waals surface area contributed by atoms with Crippen molar-refractivity contribution >= 4 is 5.91 Å². The van der Waals surface area contributed by atoms with Gasteiger partial charge in [-0.25, -0.2) is 4.39 Å². The van der Waals surface area contributed by atoms with E-state index < -0.39 is 5.82 Å². The van der Waals surface area contributed by atoms with Crippen LogP contribution in [0.4, 0.5) is 4.39 Å². The zero-order valence-corrected chi connectivity index (χ0v) is 15.6. The molecule has 0 radical (unpaired) electrons. The molecule has 1 atom stereocenters. The molecule has 0 unspecified atom stereocenters. The predicted octanol–water partition coefficient (Wildman–Crippen LogP) is 4.21. The highest BCUT2D eigenvalue weighted by atomic mass is 19.1. The maximum atomic E-state index is 14.5. The van der Waals surface area contributed by atoms with Crippen LogP contribution in [0.15, 0.2) is 54.6 Å². The van der Waals surface area contributed by atoms with Crippen molar-refractivity contribution in [1.82, 2.24) is 15.1 Å². The molecule has 3 aromatic rings. The Kier molecular flexibility index (Phi) is 5.54. The minimum atomic E-state index is -0.423. The summed E-state index contributed by atoms with van der Waals surface area (Å²) in [6.45, 7) is 4.32. The molecule has 0 fully saturated rings. The summed E-state index contributed by atoms with van der Waals surface area (Å²) in [5, 5.41) is 7.28. The van der Waals surface area contributed by atoms with Crippen LogP contribution >= 0.6 is 0 Å². The lowest BCUT2D eigenvalue weighted by Gasteiger charge is -2.13. The topological polar surface area (TPSA) is 56.2 Å². The molecule has 0 spiro atoms. The second-order valence-electron chi connectivity index (χ2n) is 6.18. The number of hydrogen-bond acceptors (Lipinski definition) is 3. The van der Waals surface area contributed by atoms with Crippen molar-refractivity contribution in [2.45, 2.75) is 26.4 Å². The van der Waals surface area contributed by atoms with E-state index in [-0.39, 0.29) is 17.6 Å². The zero-order valence-electron chi connectivity index (χ0n) is 15.6. The molecule has 2 aromatic carbocycles. The molecular formula is C21H22FN3O2. The van der Waals surface area contributed by atoms with Gasteiger partial charge in [0.05, 0.1) is 18.8 Å². The number of hydrogen-bond donors (Lipinski definition) is 1. The van der Waals surface area contributed by atoms with Gasteiger partial charge in [-0.1, -0.05) is 30.3 Å². The molecule has 0 saturated carbocycles. The number of aryl methyl sites for hydroxylation is 1. The fourth-order valence-corrected chi connectivity index (χ4v) is 2.91. The molecule has 1 aromatic heterocycles. The average molecular weight is 367 g/mol. The summed E-state index contributed by atoms with van der Waals surface area (Å²) in [7, 11) is 1.49. The van der Waals surface area contributed by atoms with Gasteiger partial charge >= 0.3 is 0 Å². The van der Waals surface area contributed by atoms with Crippen LogP contribution in [0, 0.1) is 5.82 Å². The lowest BCUT2D eigenvalue weighted by atomic mass is 10.1. The van der Waals surface area contributed by atoms with Gasteiger partial charge in [-0.05, 0) is 37.6 Å². The maximum absolute atomic E-state index is 14.5. The highest BCUT2D eigenvalue weighted by molar-refractivity contribution is 5.93. The summed E-state index contributed by atoms with van der Waals surface area (Å²) in [5.41, 5.74) is 2.18. The second kappa shape index (κ2) is 8.03. The lowest BCUT2D eigenvalue weighted by molar-refractivity contribution is 0.0934. The van der Waals surface area contributed by atoms with Gasteiger partial charge in [0.25, 0.3) is 5.91 Å². The van der Waals surface area contributed by atoms with E-state index in [4.69, 9.17) is 4.74 Å². The fraction of sp³-hybridized carbons (Fsp3) is 0.238. The van der Waals surface area contributed by atoms with Crippen molar-refractivity contribution in [2.75, 3.05) is 7.11 Å². The van der Waals surface area contributed by atoms with Crippen LogP contribution < -0.4 is 10.1 Å². The summed E-state index contributed by atoms with van der Waals surface area (Å²) in [4.78, 5) is 12.6. The SMILES string of the molecule is CCn1nc(C(=O)N[C@H](C)c2ccccc2)cc1-c1ccc(OC)cc1F. The van der Waals surface area contributed by atoms with Gasteiger partial charge in [0.15, 0.2) is 5.69 Å². The summed E-state index contributed by atoms with van der Waals surface area (Å²) in [5.74, 6) is -0.282. The minimum Gasteiger partial charge on any atom is -0.497 e. The normalized spacial score (nSPS) is 11.9. The van der Waals surface area contributed by atoms with Crippen molar-refractivity contribution in [2.24, 2.45) is 0 Å². The van der Waals surface area contributed by atoms with E-state index in [1.165, 1.54) is 13.2 Å². The Hall–Kier alpha value is -3.15. The van der Waals surface area contributed by atoms with E-state index in [0.29, 0.717) is 23.6 Å². The summed E-state index contributed by atoms with van der Waals surface area (Å²) in [6, 6.07) is 15.8. The summed E-state index contributed by atoms with van der Waals surface area (Å²) < 4.78 is 21.1. The number of amides is 1. The lowest BCUT2D eigenvalue weighted by Crippen LogP contribution is -2.27. The number of methoxy groups -OCH3 is 1. The van der Waals surface area contributed by atoms with Gasteiger partial charge in [-0.3, -0.25) is 9.48 Å². The first kappa shape index (κ1) is 18.6. The van der Waals surface area contributed by atoms with Crippen LogP contribution in [0.2, 0.25) is 0 Å². The molecule has 6 heteroatoms. The Morgan fingerprint density at radius 2 is 1.96 bits per heavy atom. The first-order valence-corrected chi connectivity index (χ1v) is 8.81. The number of aromatic nitrogens is 2. The third kappa shape index (κ3) is 4.00. The van der Waals surface area contributed by atoms with Crippen molar-refractivity contribution in [3.63, 3.8) is 0 Å². The molecule has 0 saturated heterocycles. The molecule has 1 N–H and O–H groups in total. The first-order valence-electron chi connectivity index (χ1n) is 8.81. The molecule has 0 aliphatic carbocycles. The minimum absolute atomic E-state index is 0.161. The van der Waals surface area contributed by atoms with Crippen LogP contribution in [-0.2, 0) is 6.54 Å². The largest absolute Gasteiger partial charge is 0.497 e. The number of carbonyl (C=O) groups is 1. The van der Waals surface area contributed by atoms with Crippen LogP contribution in [0.5, 0.6) is 5.75 Å². The maximum Gasteiger partial charge on any atom is 0.272 e. The molecular weight excluding hydrogens is 345 g/mol. The highest BCUT2D eigenvalue weighted by Crippen LogP contribution is 2.27. The molecule has 0 bridgehead atoms. The van der Waals surface area contributed by atoms with Crippen LogP contribution in [0.25, 0.3) is 11.3 Å². The Morgan fingerprint density at radius 1 is 1.22 bits per heavy atom. The van der Waals surface area contributed by atoms with Crippen molar-refractivity contribution in [3.05, 3.63) is 71.7 Å². The van der Waals surface area contributed by atoms with Gasteiger partial charge < -0.3 is 10.1 Å². The van der Waals surface area contributed by atoms with E-state index in [1.54, 1.807) is 22.9 Å². The van der Waals surface area contributed by atoms with Crippen molar-refractivity contribution < 1.29 is 13.9 Å². The van der Waals surface area contributed by atoms with Crippen LogP contribution in [0.1, 0.15) is 35.9 Å². The predicted molar refractivity (Wildman–Crippen MR) is 102 cm³/mol. The monoisotopic (exact) mass is 367 g/mol. The van der Waals surface area contributed by atoms with E-state index in [1.807, 2.05) is 44.2 Å². The van der Waals surface area contributed by atoms with Gasteiger partial charge in [0, 0.05) is 18.2 Å². The number of carbonyl (C=O) groups excluding carboxylic acids is 1. The quantitative estimate of drug-likeness (QED) is 0.710. The third-order valence-electron chi connectivity index (χ3n) is 4.41. The van der Waals surface area contributed by atoms with Crippen LogP contribution in [-0.4, -0.2) is 22.8 Å². The number of benzene rings is 2. The Morgan fingerprint density at radius 3 is 2.59 bits per heavy atom. The molecule has 1 heterocycles. The number of nitrogens with zero attached hydrogens (tertiary/aromatic N) is 2. The molecule has 140 valence electrons. The Labute approximate surface area is 157 Å². The van der Waals surface area contributed by atoms with E-state index in [2.05, 4.69) is 10.4 Å². The molecule has 27 heavy (non-hydrogen) atoms. The molecule has 1 amide bonds. The number of halogens is 1. The fourth-order valence-electron chi connectivity index (χ4n) is 2.91. The third-order valence-corrected chi connectivity index (χ3v) is 4.41.